The van der Waals surface area contributed by atoms with E-state index in [0.29, 0.717) is 5.69 Å². The Morgan fingerprint density at radius 2 is 2.20 bits per heavy atom. The second-order valence-corrected chi connectivity index (χ2v) is 1.84. The first kappa shape index (κ1) is 9.81. The number of benzene rings is 1. The summed E-state index contributed by atoms with van der Waals surface area (Å²) < 4.78 is 0. The molecule has 0 fully saturated rings. The largest absolute Gasteiger partial charge is 0.210 e. The smallest absolute Gasteiger partial charge is 0.207 e. The average molecular weight is 205 g/mol. The minimum Gasteiger partial charge on any atom is -0.210 e. The summed E-state index contributed by atoms with van der Waals surface area (Å²) in [7, 11) is 0. The van der Waals surface area contributed by atoms with Crippen molar-refractivity contribution >= 4 is 5.69 Å². The second-order valence-electron chi connectivity index (χ2n) is 1.84. The molecule has 0 bridgehead atoms. The maximum Gasteiger partial charge on any atom is 0.207 e. The van der Waals surface area contributed by atoms with Gasteiger partial charge in [0.05, 0.1) is 0 Å². The first-order chi connectivity index (χ1) is 4.33. The Kier molecular flexibility index (Phi) is 4.52. The SMILES string of the molecule is [C-]#[N+]c1c[c-]c(C)cc1.[Y]. The van der Waals surface area contributed by atoms with Gasteiger partial charge in [-0.2, -0.15) is 17.7 Å². The molecule has 0 saturated heterocycles. The Bertz CT molecular complexity index is 232. The number of hydrogen-bond donors (Lipinski definition) is 0. The monoisotopic (exact) mass is 205 g/mol. The molecule has 10 heavy (non-hydrogen) atoms. The van der Waals surface area contributed by atoms with Gasteiger partial charge in [0, 0.05) is 32.7 Å². The zero-order chi connectivity index (χ0) is 6.69. The molecule has 0 heterocycles. The van der Waals surface area contributed by atoms with Crippen LogP contribution in [0.15, 0.2) is 18.2 Å². The second kappa shape index (κ2) is 4.60. The van der Waals surface area contributed by atoms with Gasteiger partial charge in [-0.25, -0.2) is 4.85 Å². The quantitative estimate of drug-likeness (QED) is 0.572. The summed E-state index contributed by atoms with van der Waals surface area (Å²) >= 11 is 0. The predicted octanol–water partition coefficient (Wildman–Crippen LogP) is 2.34. The Morgan fingerprint density at radius 3 is 2.60 bits per heavy atom. The molecule has 0 aliphatic rings. The number of hydrogen-bond acceptors (Lipinski definition) is 0. The summed E-state index contributed by atoms with van der Waals surface area (Å²) in [5.74, 6) is 0. The van der Waals surface area contributed by atoms with Gasteiger partial charge in [0.2, 0.25) is 5.69 Å². The van der Waals surface area contributed by atoms with E-state index in [9.17, 15) is 0 Å². The molecular weight excluding hydrogens is 199 g/mol. The van der Waals surface area contributed by atoms with Gasteiger partial charge in [0.15, 0.2) is 0 Å². The average Bonchev–Trinajstić information content (AvgIpc) is 1.90. The first-order valence-electron chi connectivity index (χ1n) is 2.69. The summed E-state index contributed by atoms with van der Waals surface area (Å²) in [4.78, 5) is 3.23. The Labute approximate surface area is 86.1 Å². The zero-order valence-electron chi connectivity index (χ0n) is 5.76. The fourth-order valence-electron chi connectivity index (χ4n) is 0.564. The van der Waals surface area contributed by atoms with Gasteiger partial charge in [-0.15, -0.1) is 0 Å². The molecule has 1 aromatic rings. The molecule has 1 aromatic carbocycles. The van der Waals surface area contributed by atoms with Gasteiger partial charge in [0.25, 0.3) is 0 Å². The fraction of sp³-hybridized carbons (Fsp3) is 0.125. The van der Waals surface area contributed by atoms with E-state index in [2.05, 4.69) is 10.9 Å². The third-order valence-corrected chi connectivity index (χ3v) is 1.08. The minimum atomic E-state index is 0. The molecule has 0 spiro atoms. The molecule has 0 aliphatic heterocycles. The molecular formula is C8H6NY-. The molecule has 0 aromatic heterocycles. The van der Waals surface area contributed by atoms with Crippen LogP contribution in [0.1, 0.15) is 5.56 Å². The van der Waals surface area contributed by atoms with Crippen LogP contribution in [0.5, 0.6) is 0 Å². The molecule has 0 aliphatic carbocycles. The van der Waals surface area contributed by atoms with Crippen LogP contribution in [0.3, 0.4) is 0 Å². The molecule has 2 heteroatoms. The number of aryl methyl sites for hydroxylation is 1. The molecule has 1 nitrogen and oxygen atoms in total. The van der Waals surface area contributed by atoms with Crippen LogP contribution in [-0.4, -0.2) is 0 Å². The van der Waals surface area contributed by atoms with Crippen molar-refractivity contribution in [2.75, 3.05) is 0 Å². The van der Waals surface area contributed by atoms with Crippen LogP contribution in [0.2, 0.25) is 0 Å². The molecule has 0 atom stereocenters. The molecule has 0 saturated carbocycles. The fourth-order valence-corrected chi connectivity index (χ4v) is 0.564. The number of nitrogens with zero attached hydrogens (tertiary/aromatic N) is 1. The van der Waals surface area contributed by atoms with Crippen LogP contribution >= 0.6 is 0 Å². The molecule has 1 radical (unpaired) electrons. The van der Waals surface area contributed by atoms with Crippen molar-refractivity contribution in [3.05, 3.63) is 41.2 Å². The van der Waals surface area contributed by atoms with Gasteiger partial charge >= 0.3 is 0 Å². The van der Waals surface area contributed by atoms with Crippen LogP contribution in [0.25, 0.3) is 4.85 Å². The molecule has 0 amide bonds. The molecule has 47 valence electrons. The van der Waals surface area contributed by atoms with Gasteiger partial charge in [-0.05, 0) is 0 Å². The molecule has 1 rings (SSSR count). The third-order valence-electron chi connectivity index (χ3n) is 1.08. The van der Waals surface area contributed by atoms with Gasteiger partial charge in [0.1, 0.15) is 6.57 Å². The van der Waals surface area contributed by atoms with E-state index in [1.807, 2.05) is 13.0 Å². The van der Waals surface area contributed by atoms with E-state index in [4.69, 9.17) is 6.57 Å². The van der Waals surface area contributed by atoms with Gasteiger partial charge in [-0.1, -0.05) is 19.1 Å². The van der Waals surface area contributed by atoms with Crippen molar-refractivity contribution in [1.29, 1.82) is 0 Å². The predicted molar refractivity (Wildman–Crippen MR) is 36.3 cm³/mol. The van der Waals surface area contributed by atoms with Crippen molar-refractivity contribution in [1.82, 2.24) is 0 Å². The van der Waals surface area contributed by atoms with Crippen molar-refractivity contribution in [2.24, 2.45) is 0 Å². The van der Waals surface area contributed by atoms with E-state index < -0.39 is 0 Å². The van der Waals surface area contributed by atoms with Crippen LogP contribution in [0, 0.1) is 19.6 Å². The van der Waals surface area contributed by atoms with Gasteiger partial charge < -0.3 is 0 Å². The van der Waals surface area contributed by atoms with E-state index >= 15 is 0 Å². The summed E-state index contributed by atoms with van der Waals surface area (Å²) in [6, 6.07) is 8.31. The van der Waals surface area contributed by atoms with Crippen LogP contribution < -0.4 is 0 Å². The van der Waals surface area contributed by atoms with Crippen molar-refractivity contribution < 1.29 is 32.7 Å². The maximum atomic E-state index is 6.62. The molecule has 0 unspecified atom stereocenters. The minimum absolute atomic E-state index is 0. The summed E-state index contributed by atoms with van der Waals surface area (Å²) in [5.41, 5.74) is 1.73. The van der Waals surface area contributed by atoms with E-state index in [1.165, 1.54) is 0 Å². The Hall–Kier alpha value is -0.186. The van der Waals surface area contributed by atoms with E-state index in [-0.39, 0.29) is 32.7 Å². The summed E-state index contributed by atoms with van der Waals surface area (Å²) in [5, 5.41) is 0. The summed E-state index contributed by atoms with van der Waals surface area (Å²) in [6.07, 6.45) is 0. The van der Waals surface area contributed by atoms with Crippen molar-refractivity contribution in [3.8, 4) is 0 Å². The first-order valence-corrected chi connectivity index (χ1v) is 2.69. The molecule has 0 N–H and O–H groups in total. The normalized spacial score (nSPS) is 7.60. The van der Waals surface area contributed by atoms with Crippen molar-refractivity contribution in [3.63, 3.8) is 0 Å². The van der Waals surface area contributed by atoms with E-state index in [1.54, 1.807) is 12.1 Å². The Balaban J connectivity index is 0.000000810. The zero-order valence-corrected chi connectivity index (χ0v) is 8.59. The maximum absolute atomic E-state index is 6.62. The summed E-state index contributed by atoms with van der Waals surface area (Å²) in [6.45, 7) is 8.57. The van der Waals surface area contributed by atoms with E-state index in [0.717, 1.165) is 5.56 Å². The van der Waals surface area contributed by atoms with Crippen molar-refractivity contribution in [2.45, 2.75) is 6.92 Å². The van der Waals surface area contributed by atoms with Gasteiger partial charge in [-0.3, -0.25) is 0 Å². The topological polar surface area (TPSA) is 4.36 Å². The van der Waals surface area contributed by atoms with Crippen LogP contribution in [0.4, 0.5) is 5.69 Å². The Morgan fingerprint density at radius 1 is 1.50 bits per heavy atom. The third kappa shape index (κ3) is 2.60. The standard InChI is InChI=1S/C8H6N.Y/c1-7-3-5-8(9-2)6-4-7;/h3,5-6H,1H3;/q-1;. The number of rotatable bonds is 0. The van der Waals surface area contributed by atoms with Crippen LogP contribution in [-0.2, 0) is 32.7 Å².